The summed E-state index contributed by atoms with van der Waals surface area (Å²) in [7, 11) is 0. The van der Waals surface area contributed by atoms with Gasteiger partial charge < -0.3 is 4.74 Å². The highest BCUT2D eigenvalue weighted by atomic mass is 127. The Hall–Kier alpha value is -0.670. The van der Waals surface area contributed by atoms with Gasteiger partial charge in [-0.25, -0.2) is 13.8 Å². The molecule has 0 atom stereocenters. The molecule has 0 radical (unpaired) electrons. The van der Waals surface area contributed by atoms with E-state index in [1.165, 1.54) is 29.5 Å². The number of ether oxygens (including phenoxy) is 1. The fourth-order valence-corrected chi connectivity index (χ4v) is 1.56. The van der Waals surface area contributed by atoms with E-state index in [1.807, 2.05) is 0 Å². The molecule has 0 amide bonds. The topological polar surface area (TPSA) is 22.1 Å². The van der Waals surface area contributed by atoms with Crippen molar-refractivity contribution < 1.29 is 26.7 Å². The van der Waals surface area contributed by atoms with E-state index in [2.05, 4.69) is 9.72 Å². The van der Waals surface area contributed by atoms with Gasteiger partial charge in [-0.3, -0.25) is 0 Å². The predicted molar refractivity (Wildman–Crippen MR) is 53.3 cm³/mol. The van der Waals surface area contributed by atoms with Crippen LogP contribution >= 0.6 is 22.6 Å². The molecule has 0 aliphatic heterocycles. The van der Waals surface area contributed by atoms with Crippen LogP contribution in [0, 0.1) is 10.5 Å². The number of hydrogen-bond acceptors (Lipinski definition) is 2. The molecule has 1 heterocycles. The minimum atomic E-state index is -4.88. The van der Waals surface area contributed by atoms with Gasteiger partial charge in [0, 0.05) is 20.9 Å². The smallest absolute Gasteiger partial charge is 0.388 e. The van der Waals surface area contributed by atoms with Crippen molar-refractivity contribution in [3.63, 3.8) is 0 Å². The first-order chi connectivity index (χ1) is 7.22. The van der Waals surface area contributed by atoms with Gasteiger partial charge in [0.05, 0.1) is 0 Å². The zero-order chi connectivity index (χ0) is 12.5. The van der Waals surface area contributed by atoms with Crippen molar-refractivity contribution in [3.05, 3.63) is 20.9 Å². The number of pyridine rings is 1. The lowest BCUT2D eigenvalue weighted by Crippen LogP contribution is -2.19. The fraction of sp³-hybridized carbons (Fsp3) is 0.375. The maximum absolute atomic E-state index is 12.4. The van der Waals surface area contributed by atoms with Gasteiger partial charge in [0.15, 0.2) is 0 Å². The Kier molecular flexibility index (Phi) is 3.92. The Bertz CT molecular complexity index is 393. The van der Waals surface area contributed by atoms with Crippen molar-refractivity contribution in [2.45, 2.75) is 19.7 Å². The normalized spacial score (nSPS) is 12.0. The average Bonchev–Trinajstić information content (AvgIpc) is 2.10. The molecular weight excluding hydrogens is 348 g/mol. The van der Waals surface area contributed by atoms with E-state index in [9.17, 15) is 22.0 Å². The summed E-state index contributed by atoms with van der Waals surface area (Å²) in [4.78, 5) is 3.22. The van der Waals surface area contributed by atoms with Crippen LogP contribution in [0.1, 0.15) is 17.6 Å². The summed E-state index contributed by atoms with van der Waals surface area (Å²) in [5.74, 6) is -0.707. The number of halogens is 6. The molecular formula is C8H5F5INO. The van der Waals surface area contributed by atoms with Crippen LogP contribution in [0.3, 0.4) is 0 Å². The third kappa shape index (κ3) is 3.16. The van der Waals surface area contributed by atoms with Crippen molar-refractivity contribution in [1.29, 1.82) is 0 Å². The molecule has 90 valence electrons. The fourth-order valence-electron chi connectivity index (χ4n) is 0.957. The van der Waals surface area contributed by atoms with Crippen LogP contribution in [0.25, 0.3) is 0 Å². The molecule has 0 saturated carbocycles. The molecule has 0 unspecified atom stereocenters. The van der Waals surface area contributed by atoms with Crippen molar-refractivity contribution >= 4 is 22.6 Å². The quantitative estimate of drug-likeness (QED) is 0.596. The standard InChI is InChI=1S/C8H5F5INO/c1-3-5(14)4(6(9)10)2-15-7(3)16-8(11,12)13/h2,6H,1H3. The molecule has 0 fully saturated rings. The van der Waals surface area contributed by atoms with Crippen molar-refractivity contribution in [2.24, 2.45) is 0 Å². The highest BCUT2D eigenvalue weighted by Crippen LogP contribution is 2.32. The van der Waals surface area contributed by atoms with Gasteiger partial charge in [0.25, 0.3) is 6.43 Å². The number of rotatable bonds is 2. The van der Waals surface area contributed by atoms with Crippen molar-refractivity contribution in [1.82, 2.24) is 4.98 Å². The van der Waals surface area contributed by atoms with Crippen LogP contribution in [0.4, 0.5) is 22.0 Å². The summed E-state index contributed by atoms with van der Waals surface area (Å²) in [6.07, 6.45) is -6.98. The molecule has 1 aromatic heterocycles. The van der Waals surface area contributed by atoms with E-state index in [0.717, 1.165) is 0 Å². The Balaban J connectivity index is 3.12. The average molecular weight is 353 g/mol. The molecule has 0 aliphatic rings. The van der Waals surface area contributed by atoms with Crippen LogP contribution in [0.5, 0.6) is 5.88 Å². The Morgan fingerprint density at radius 3 is 2.38 bits per heavy atom. The summed E-state index contributed by atoms with van der Waals surface area (Å²) < 4.78 is 64.0. The molecule has 1 aromatic rings. The van der Waals surface area contributed by atoms with Gasteiger partial charge >= 0.3 is 6.36 Å². The second-order valence-electron chi connectivity index (χ2n) is 2.81. The largest absolute Gasteiger partial charge is 0.574 e. The van der Waals surface area contributed by atoms with Crippen LogP contribution in [-0.2, 0) is 0 Å². The summed E-state index contributed by atoms with van der Waals surface area (Å²) in [6.45, 7) is 1.24. The lowest BCUT2D eigenvalue weighted by Gasteiger charge is -2.13. The van der Waals surface area contributed by atoms with E-state index >= 15 is 0 Å². The molecule has 0 bridgehead atoms. The first kappa shape index (κ1) is 13.4. The van der Waals surface area contributed by atoms with Gasteiger partial charge in [-0.15, -0.1) is 13.2 Å². The van der Waals surface area contributed by atoms with Gasteiger partial charge in [0.2, 0.25) is 5.88 Å². The Labute approximate surface area is 101 Å². The molecule has 0 aromatic carbocycles. The van der Waals surface area contributed by atoms with Gasteiger partial charge in [-0.1, -0.05) is 0 Å². The molecule has 1 rings (SSSR count). The third-order valence-electron chi connectivity index (χ3n) is 1.67. The molecule has 0 aliphatic carbocycles. The minimum Gasteiger partial charge on any atom is -0.388 e. The van der Waals surface area contributed by atoms with Crippen molar-refractivity contribution in [3.8, 4) is 5.88 Å². The number of alkyl halides is 5. The van der Waals surface area contributed by atoms with E-state index in [-0.39, 0.29) is 9.13 Å². The Morgan fingerprint density at radius 2 is 1.94 bits per heavy atom. The second kappa shape index (κ2) is 4.68. The molecule has 16 heavy (non-hydrogen) atoms. The molecule has 8 heteroatoms. The van der Waals surface area contributed by atoms with Crippen molar-refractivity contribution in [2.75, 3.05) is 0 Å². The van der Waals surface area contributed by atoms with Gasteiger partial charge in [-0.05, 0) is 29.5 Å². The second-order valence-corrected chi connectivity index (χ2v) is 3.88. The summed E-state index contributed by atoms with van der Waals surface area (Å²) in [6, 6.07) is 0. The first-order valence-corrected chi connectivity index (χ1v) is 4.99. The summed E-state index contributed by atoms with van der Waals surface area (Å²) in [5, 5.41) is 0. The SMILES string of the molecule is Cc1c(OC(F)(F)F)ncc(C(F)F)c1I. The maximum Gasteiger partial charge on any atom is 0.574 e. The molecule has 0 spiro atoms. The van der Waals surface area contributed by atoms with Crippen LogP contribution in [0.15, 0.2) is 6.20 Å². The lowest BCUT2D eigenvalue weighted by molar-refractivity contribution is -0.276. The first-order valence-electron chi connectivity index (χ1n) is 3.91. The van der Waals surface area contributed by atoms with Gasteiger partial charge in [-0.2, -0.15) is 0 Å². The third-order valence-corrected chi connectivity index (χ3v) is 3.10. The monoisotopic (exact) mass is 353 g/mol. The highest BCUT2D eigenvalue weighted by molar-refractivity contribution is 14.1. The van der Waals surface area contributed by atoms with E-state index in [0.29, 0.717) is 6.20 Å². The zero-order valence-electron chi connectivity index (χ0n) is 7.78. The minimum absolute atomic E-state index is 0.0156. The number of hydrogen-bond donors (Lipinski definition) is 0. The lowest BCUT2D eigenvalue weighted by atomic mass is 10.2. The number of nitrogens with zero attached hydrogens (tertiary/aromatic N) is 1. The molecule has 2 nitrogen and oxygen atoms in total. The van der Waals surface area contributed by atoms with E-state index in [1.54, 1.807) is 0 Å². The molecule has 0 saturated heterocycles. The maximum atomic E-state index is 12.4. The Morgan fingerprint density at radius 1 is 1.38 bits per heavy atom. The number of aromatic nitrogens is 1. The summed E-state index contributed by atoms with van der Waals surface area (Å²) >= 11 is 1.53. The van der Waals surface area contributed by atoms with Crippen LogP contribution in [-0.4, -0.2) is 11.3 Å². The van der Waals surface area contributed by atoms with Crippen LogP contribution < -0.4 is 4.74 Å². The van der Waals surface area contributed by atoms with E-state index in [4.69, 9.17) is 0 Å². The predicted octanol–water partition coefficient (Wildman–Crippen LogP) is 3.83. The van der Waals surface area contributed by atoms with E-state index < -0.39 is 24.2 Å². The van der Waals surface area contributed by atoms with Crippen LogP contribution in [0.2, 0.25) is 0 Å². The summed E-state index contributed by atoms with van der Waals surface area (Å²) in [5.41, 5.74) is -0.469. The van der Waals surface area contributed by atoms with Gasteiger partial charge in [0.1, 0.15) is 0 Å². The zero-order valence-corrected chi connectivity index (χ0v) is 9.94. The molecule has 0 N–H and O–H groups in total. The highest BCUT2D eigenvalue weighted by Gasteiger charge is 2.33.